The number of carbonyl (C=O) groups excluding carboxylic acids is 2. The number of hydrogen-bond acceptors (Lipinski definition) is 4. The average molecular weight is 326 g/mol. The zero-order chi connectivity index (χ0) is 17.5. The second-order valence-electron chi connectivity index (χ2n) is 6.52. The minimum absolute atomic E-state index is 0.0737. The second kappa shape index (κ2) is 14.3. The van der Waals surface area contributed by atoms with Crippen LogP contribution in [0.5, 0.6) is 0 Å². The summed E-state index contributed by atoms with van der Waals surface area (Å²) in [6.45, 7) is 10.1. The predicted octanol–water partition coefficient (Wildman–Crippen LogP) is 4.81. The molecule has 0 spiro atoms. The molecule has 0 aromatic carbocycles. The van der Waals surface area contributed by atoms with Gasteiger partial charge >= 0.3 is 11.9 Å². The molecule has 0 saturated carbocycles. The van der Waals surface area contributed by atoms with Crippen molar-refractivity contribution in [3.8, 4) is 0 Å². The van der Waals surface area contributed by atoms with Crippen molar-refractivity contribution in [1.82, 2.24) is 0 Å². The van der Waals surface area contributed by atoms with Crippen LogP contribution >= 0.6 is 0 Å². The number of ether oxygens (including phenoxy) is 2. The first kappa shape index (κ1) is 21.7. The maximum atomic E-state index is 11.5. The van der Waals surface area contributed by atoms with Crippen molar-refractivity contribution in [1.29, 1.82) is 0 Å². The molecule has 23 heavy (non-hydrogen) atoms. The molecule has 0 aromatic rings. The lowest BCUT2D eigenvalue weighted by molar-refractivity contribution is -0.148. The van der Waals surface area contributed by atoms with Gasteiger partial charge in [-0.1, -0.05) is 45.6 Å². The largest absolute Gasteiger partial charge is 0.465 e. The first-order chi connectivity index (χ1) is 11.0. The molecule has 0 radical (unpaired) electrons. The van der Waals surface area contributed by atoms with Crippen LogP contribution in [-0.2, 0) is 19.1 Å². The molecule has 0 heterocycles. The summed E-state index contributed by atoms with van der Waals surface area (Å²) in [6.07, 6.45) is 9.41. The SMILES string of the molecule is C=CCC(C)OC(=O)CCCCCCCCC(=O)OCC(C)C. The van der Waals surface area contributed by atoms with Gasteiger partial charge in [0.1, 0.15) is 6.10 Å². The molecule has 0 N–H and O–H groups in total. The Balaban J connectivity index is 3.38. The van der Waals surface area contributed by atoms with Crippen LogP contribution in [0.25, 0.3) is 0 Å². The second-order valence-corrected chi connectivity index (χ2v) is 6.52. The number of rotatable bonds is 14. The van der Waals surface area contributed by atoms with Gasteiger partial charge in [0.15, 0.2) is 0 Å². The molecular weight excluding hydrogens is 292 g/mol. The number of esters is 2. The van der Waals surface area contributed by atoms with Crippen molar-refractivity contribution in [2.75, 3.05) is 6.61 Å². The molecule has 0 aliphatic heterocycles. The summed E-state index contributed by atoms with van der Waals surface area (Å²) in [5, 5.41) is 0. The number of unbranched alkanes of at least 4 members (excludes halogenated alkanes) is 5. The fourth-order valence-corrected chi connectivity index (χ4v) is 2.14. The maximum Gasteiger partial charge on any atom is 0.306 e. The third-order valence-corrected chi connectivity index (χ3v) is 3.42. The van der Waals surface area contributed by atoms with Gasteiger partial charge in [-0.2, -0.15) is 0 Å². The summed E-state index contributed by atoms with van der Waals surface area (Å²) in [4.78, 5) is 23.0. The molecule has 1 unspecified atom stereocenters. The number of hydrogen-bond donors (Lipinski definition) is 0. The van der Waals surface area contributed by atoms with Crippen LogP contribution in [0.1, 0.15) is 78.6 Å². The summed E-state index contributed by atoms with van der Waals surface area (Å²) in [5.74, 6) is 0.188. The Kier molecular flexibility index (Phi) is 13.5. The highest BCUT2D eigenvalue weighted by molar-refractivity contribution is 5.69. The topological polar surface area (TPSA) is 52.6 Å². The molecule has 134 valence electrons. The smallest absolute Gasteiger partial charge is 0.306 e. The maximum absolute atomic E-state index is 11.5. The lowest BCUT2D eigenvalue weighted by atomic mass is 10.1. The lowest BCUT2D eigenvalue weighted by Gasteiger charge is -2.10. The average Bonchev–Trinajstić information content (AvgIpc) is 2.47. The van der Waals surface area contributed by atoms with Crippen molar-refractivity contribution in [3.05, 3.63) is 12.7 Å². The molecule has 1 atom stereocenters. The normalized spacial score (nSPS) is 12.0. The molecule has 4 nitrogen and oxygen atoms in total. The van der Waals surface area contributed by atoms with Gasteiger partial charge in [0.05, 0.1) is 6.61 Å². The molecule has 0 aliphatic rings. The van der Waals surface area contributed by atoms with Crippen LogP contribution in [0.15, 0.2) is 12.7 Å². The van der Waals surface area contributed by atoms with Gasteiger partial charge < -0.3 is 9.47 Å². The Hall–Kier alpha value is -1.32. The van der Waals surface area contributed by atoms with Crippen LogP contribution in [0.4, 0.5) is 0 Å². The van der Waals surface area contributed by atoms with E-state index in [0.717, 1.165) is 38.5 Å². The van der Waals surface area contributed by atoms with Crippen LogP contribution in [0, 0.1) is 5.92 Å². The molecule has 0 bridgehead atoms. The minimum atomic E-state index is -0.118. The van der Waals surface area contributed by atoms with Crippen LogP contribution < -0.4 is 0 Å². The lowest BCUT2D eigenvalue weighted by Crippen LogP contribution is -2.13. The first-order valence-corrected chi connectivity index (χ1v) is 8.91. The van der Waals surface area contributed by atoms with E-state index >= 15 is 0 Å². The molecule has 4 heteroatoms. The van der Waals surface area contributed by atoms with Crippen molar-refractivity contribution in [3.63, 3.8) is 0 Å². The Morgan fingerprint density at radius 1 is 0.913 bits per heavy atom. The monoisotopic (exact) mass is 326 g/mol. The zero-order valence-corrected chi connectivity index (χ0v) is 15.1. The van der Waals surface area contributed by atoms with Crippen LogP contribution in [0.2, 0.25) is 0 Å². The third-order valence-electron chi connectivity index (χ3n) is 3.42. The van der Waals surface area contributed by atoms with Gasteiger partial charge in [-0.3, -0.25) is 9.59 Å². The van der Waals surface area contributed by atoms with E-state index in [-0.39, 0.29) is 18.0 Å². The van der Waals surface area contributed by atoms with Crippen LogP contribution in [-0.4, -0.2) is 24.6 Å². The molecule has 0 rings (SSSR count). The molecule has 0 aromatic heterocycles. The van der Waals surface area contributed by atoms with Gasteiger partial charge in [0.25, 0.3) is 0 Å². The third kappa shape index (κ3) is 15.4. The summed E-state index contributed by atoms with van der Waals surface area (Å²) in [7, 11) is 0. The fraction of sp³-hybridized carbons (Fsp3) is 0.789. The summed E-state index contributed by atoms with van der Waals surface area (Å²) in [6, 6.07) is 0. The minimum Gasteiger partial charge on any atom is -0.465 e. The Morgan fingerprint density at radius 2 is 1.43 bits per heavy atom. The van der Waals surface area contributed by atoms with Gasteiger partial charge in [-0.05, 0) is 25.7 Å². The summed E-state index contributed by atoms with van der Waals surface area (Å²) >= 11 is 0. The van der Waals surface area contributed by atoms with E-state index in [0.29, 0.717) is 31.8 Å². The Labute approximate surface area is 141 Å². The zero-order valence-electron chi connectivity index (χ0n) is 15.1. The molecule has 0 saturated heterocycles. The highest BCUT2D eigenvalue weighted by Crippen LogP contribution is 2.10. The standard InChI is InChI=1S/C19H34O4/c1-5-12-17(4)23-19(21)14-11-9-7-6-8-10-13-18(20)22-15-16(2)3/h5,16-17H,1,6-15H2,2-4H3. The van der Waals surface area contributed by atoms with E-state index in [2.05, 4.69) is 6.58 Å². The molecule has 0 aliphatic carbocycles. The Morgan fingerprint density at radius 3 is 1.96 bits per heavy atom. The van der Waals surface area contributed by atoms with E-state index in [4.69, 9.17) is 9.47 Å². The highest BCUT2D eigenvalue weighted by Gasteiger charge is 2.07. The van der Waals surface area contributed by atoms with E-state index < -0.39 is 0 Å². The van der Waals surface area contributed by atoms with Crippen molar-refractivity contribution in [2.24, 2.45) is 5.92 Å². The van der Waals surface area contributed by atoms with Gasteiger partial charge in [0, 0.05) is 19.3 Å². The molecule has 0 amide bonds. The quantitative estimate of drug-likeness (QED) is 0.261. The highest BCUT2D eigenvalue weighted by atomic mass is 16.5. The van der Waals surface area contributed by atoms with E-state index in [9.17, 15) is 9.59 Å². The fourth-order valence-electron chi connectivity index (χ4n) is 2.14. The van der Waals surface area contributed by atoms with Crippen molar-refractivity contribution in [2.45, 2.75) is 84.7 Å². The first-order valence-electron chi connectivity index (χ1n) is 8.91. The molecule has 0 fully saturated rings. The van der Waals surface area contributed by atoms with E-state index in [1.165, 1.54) is 0 Å². The van der Waals surface area contributed by atoms with Crippen molar-refractivity contribution >= 4 is 11.9 Å². The molecular formula is C19H34O4. The Bertz CT molecular complexity index is 336. The number of carbonyl (C=O) groups is 2. The van der Waals surface area contributed by atoms with E-state index in [1.54, 1.807) is 6.08 Å². The van der Waals surface area contributed by atoms with Crippen molar-refractivity contribution < 1.29 is 19.1 Å². The summed E-state index contributed by atoms with van der Waals surface area (Å²) < 4.78 is 10.4. The van der Waals surface area contributed by atoms with Gasteiger partial charge in [-0.15, -0.1) is 6.58 Å². The van der Waals surface area contributed by atoms with Gasteiger partial charge in [0.2, 0.25) is 0 Å². The van der Waals surface area contributed by atoms with Crippen LogP contribution in [0.3, 0.4) is 0 Å². The van der Waals surface area contributed by atoms with E-state index in [1.807, 2.05) is 20.8 Å². The predicted molar refractivity (Wildman–Crippen MR) is 93.1 cm³/mol. The summed E-state index contributed by atoms with van der Waals surface area (Å²) in [5.41, 5.74) is 0. The van der Waals surface area contributed by atoms with Gasteiger partial charge in [-0.25, -0.2) is 0 Å².